The summed E-state index contributed by atoms with van der Waals surface area (Å²) in [6.07, 6.45) is 0. The summed E-state index contributed by atoms with van der Waals surface area (Å²) in [5.74, 6) is 0. The van der Waals surface area contributed by atoms with E-state index in [9.17, 15) is 0 Å². The van der Waals surface area contributed by atoms with Crippen LogP contribution in [-0.4, -0.2) is 0 Å². The highest BCUT2D eigenvalue weighted by atomic mass is 79.9. The number of benzene rings is 2. The molecule has 0 aliphatic heterocycles. The van der Waals surface area contributed by atoms with Gasteiger partial charge in [0.25, 0.3) is 0 Å². The molecule has 0 unspecified atom stereocenters. The van der Waals surface area contributed by atoms with E-state index in [0.29, 0.717) is 0 Å². The van der Waals surface area contributed by atoms with Crippen LogP contribution in [0.2, 0.25) is 0 Å². The molecule has 0 aliphatic carbocycles. The molecule has 0 atom stereocenters. The minimum absolute atomic E-state index is 1.11. The second-order valence-corrected chi connectivity index (χ2v) is 8.12. The van der Waals surface area contributed by atoms with Crippen LogP contribution in [-0.2, 0) is 0 Å². The molecule has 0 spiro atoms. The van der Waals surface area contributed by atoms with Crippen molar-refractivity contribution < 1.29 is 0 Å². The lowest BCUT2D eigenvalue weighted by atomic mass is 10.3. The van der Waals surface area contributed by atoms with Crippen LogP contribution in [0, 0.1) is 0 Å². The van der Waals surface area contributed by atoms with Crippen molar-refractivity contribution in [2.75, 3.05) is 10.6 Å². The fourth-order valence-corrected chi connectivity index (χ4v) is 3.79. The molecule has 2 N–H and O–H groups in total. The summed E-state index contributed by atoms with van der Waals surface area (Å²) in [6.45, 7) is 0. The van der Waals surface area contributed by atoms with Gasteiger partial charge in [0, 0.05) is 22.4 Å². The number of rotatable bonds is 4. The summed E-state index contributed by atoms with van der Waals surface area (Å²) in [6, 6.07) is 24.4. The summed E-state index contributed by atoms with van der Waals surface area (Å²) >= 11 is 6.85. The first-order chi connectivity index (χ1) is 12.3. The molecule has 0 aliphatic rings. The van der Waals surface area contributed by atoms with E-state index >= 15 is 0 Å². The molecule has 0 fully saturated rings. The van der Waals surface area contributed by atoms with Gasteiger partial charge in [0.1, 0.15) is 0 Å². The minimum atomic E-state index is 1.11. The second kappa shape index (κ2) is 9.42. The lowest BCUT2D eigenvalue weighted by Crippen LogP contribution is -1.87. The highest BCUT2D eigenvalue weighted by molar-refractivity contribution is 9.11. The summed E-state index contributed by atoms with van der Waals surface area (Å²) in [4.78, 5) is 0. The zero-order valence-electron chi connectivity index (χ0n) is 13.4. The van der Waals surface area contributed by atoms with Crippen LogP contribution in [0.4, 0.5) is 22.7 Å². The summed E-state index contributed by atoms with van der Waals surface area (Å²) in [5, 5.41) is 12.8. The Bertz CT molecular complexity index is 859. The van der Waals surface area contributed by atoms with Crippen LogP contribution in [0.3, 0.4) is 0 Å². The van der Waals surface area contributed by atoms with Crippen molar-refractivity contribution in [2.24, 2.45) is 0 Å². The van der Waals surface area contributed by atoms with Crippen molar-refractivity contribution in [2.45, 2.75) is 0 Å². The average molecular weight is 429 g/mol. The average Bonchev–Trinajstić information content (AvgIpc) is 3.30. The molecule has 2 nitrogen and oxygen atoms in total. The summed E-state index contributed by atoms with van der Waals surface area (Å²) < 4.78 is 1.14. The van der Waals surface area contributed by atoms with Gasteiger partial charge in [-0.05, 0) is 63.1 Å². The molecule has 2 aromatic heterocycles. The van der Waals surface area contributed by atoms with E-state index in [4.69, 9.17) is 0 Å². The first-order valence-electron chi connectivity index (χ1n) is 7.70. The van der Waals surface area contributed by atoms with Gasteiger partial charge in [0.15, 0.2) is 0 Å². The smallest absolute Gasteiger partial charge is 0.0933 e. The number of thiophene rings is 2. The van der Waals surface area contributed by atoms with E-state index in [-0.39, 0.29) is 0 Å². The first kappa shape index (κ1) is 17.7. The zero-order chi connectivity index (χ0) is 17.3. The van der Waals surface area contributed by atoms with E-state index < -0.39 is 0 Å². The molecule has 2 heterocycles. The molecule has 2 aromatic carbocycles. The molecule has 0 bridgehead atoms. The molecule has 4 aromatic rings. The number of hydrogen-bond donors (Lipinski definition) is 2. The van der Waals surface area contributed by atoms with Crippen molar-refractivity contribution >= 4 is 61.4 Å². The number of halogens is 1. The van der Waals surface area contributed by atoms with Crippen molar-refractivity contribution in [3.05, 3.63) is 92.7 Å². The van der Waals surface area contributed by atoms with E-state index in [2.05, 4.69) is 67.0 Å². The Labute approximate surface area is 164 Å². The van der Waals surface area contributed by atoms with Crippen LogP contribution in [0.5, 0.6) is 0 Å². The highest BCUT2D eigenvalue weighted by Crippen LogP contribution is 2.30. The van der Waals surface area contributed by atoms with Gasteiger partial charge in [-0.25, -0.2) is 0 Å². The van der Waals surface area contributed by atoms with Gasteiger partial charge in [0.2, 0.25) is 0 Å². The van der Waals surface area contributed by atoms with Gasteiger partial charge >= 0.3 is 0 Å². The van der Waals surface area contributed by atoms with Crippen LogP contribution >= 0.6 is 38.6 Å². The Morgan fingerprint density at radius 3 is 1.80 bits per heavy atom. The number of para-hydroxylation sites is 2. The molecular formula is C20H17BrN2S2. The van der Waals surface area contributed by atoms with Gasteiger partial charge in [-0.1, -0.05) is 36.4 Å². The van der Waals surface area contributed by atoms with Crippen LogP contribution in [0.1, 0.15) is 0 Å². The number of nitrogens with one attached hydrogen (secondary N) is 2. The summed E-state index contributed by atoms with van der Waals surface area (Å²) in [7, 11) is 0. The van der Waals surface area contributed by atoms with Gasteiger partial charge in [-0.2, -0.15) is 11.3 Å². The normalized spacial score (nSPS) is 9.80. The topological polar surface area (TPSA) is 24.1 Å². The predicted octanol–water partition coefficient (Wildman–Crippen LogP) is 7.75. The number of anilines is 4. The van der Waals surface area contributed by atoms with Gasteiger partial charge in [-0.15, -0.1) is 11.3 Å². The monoisotopic (exact) mass is 428 g/mol. The minimum Gasteiger partial charge on any atom is -0.355 e. The molecule has 0 saturated heterocycles. The van der Waals surface area contributed by atoms with Gasteiger partial charge in [-0.3, -0.25) is 0 Å². The van der Waals surface area contributed by atoms with Crippen molar-refractivity contribution in [3.8, 4) is 0 Å². The van der Waals surface area contributed by atoms with Crippen LogP contribution in [0.15, 0.2) is 92.7 Å². The van der Waals surface area contributed by atoms with E-state index in [1.54, 1.807) is 22.7 Å². The molecule has 5 heteroatoms. The first-order valence-corrected chi connectivity index (χ1v) is 10.3. The third kappa shape index (κ3) is 5.74. The van der Waals surface area contributed by atoms with E-state index in [1.807, 2.05) is 48.5 Å². The molecule has 0 saturated carbocycles. The summed E-state index contributed by atoms with van der Waals surface area (Å²) in [5.41, 5.74) is 4.53. The predicted molar refractivity (Wildman–Crippen MR) is 116 cm³/mol. The Morgan fingerprint density at radius 2 is 1.28 bits per heavy atom. The van der Waals surface area contributed by atoms with Crippen molar-refractivity contribution in [3.63, 3.8) is 0 Å². The maximum atomic E-state index is 3.48. The van der Waals surface area contributed by atoms with E-state index in [1.165, 1.54) is 0 Å². The highest BCUT2D eigenvalue weighted by Gasteiger charge is 1.99. The third-order valence-corrected chi connectivity index (χ3v) is 5.62. The third-order valence-electron chi connectivity index (χ3n) is 3.25. The lowest BCUT2D eigenvalue weighted by Gasteiger charge is -2.03. The van der Waals surface area contributed by atoms with E-state index in [0.717, 1.165) is 26.5 Å². The van der Waals surface area contributed by atoms with Gasteiger partial charge < -0.3 is 10.6 Å². The van der Waals surface area contributed by atoms with Crippen molar-refractivity contribution in [1.82, 2.24) is 0 Å². The molecule has 4 rings (SSSR count). The van der Waals surface area contributed by atoms with Crippen LogP contribution < -0.4 is 10.6 Å². The zero-order valence-corrected chi connectivity index (χ0v) is 16.6. The van der Waals surface area contributed by atoms with Crippen LogP contribution in [0.25, 0.3) is 0 Å². The Hall–Kier alpha value is -2.08. The second-order valence-electron chi connectivity index (χ2n) is 5.10. The largest absolute Gasteiger partial charge is 0.355 e. The fraction of sp³-hybridized carbons (Fsp3) is 0. The quantitative estimate of drug-likeness (QED) is 0.347. The fourth-order valence-electron chi connectivity index (χ4n) is 2.08. The standard InChI is InChI=1S/C10H8BrNS.C10H9NS/c11-10-9(6-7-13-10)12-8-4-2-1-3-5-8;1-2-4-9(5-3-1)11-10-6-7-12-8-10/h1-7,12H;1-8,11H. The SMILES string of the molecule is Brc1sccc1Nc1ccccc1.c1ccc(Nc2ccsc2)cc1. The lowest BCUT2D eigenvalue weighted by molar-refractivity contribution is 1.58. The Balaban J connectivity index is 0.000000146. The molecule has 25 heavy (non-hydrogen) atoms. The number of hydrogen-bond acceptors (Lipinski definition) is 4. The van der Waals surface area contributed by atoms with Gasteiger partial charge in [0.05, 0.1) is 9.47 Å². The molecular weight excluding hydrogens is 412 g/mol. The maximum absolute atomic E-state index is 3.48. The molecule has 126 valence electrons. The Kier molecular flexibility index (Phi) is 6.68. The maximum Gasteiger partial charge on any atom is 0.0933 e. The molecule has 0 amide bonds. The Morgan fingerprint density at radius 1 is 0.640 bits per heavy atom. The molecule has 0 radical (unpaired) electrons. The van der Waals surface area contributed by atoms with Crippen molar-refractivity contribution in [1.29, 1.82) is 0 Å².